The van der Waals surface area contributed by atoms with Gasteiger partial charge >= 0.3 is 10.1 Å². The molecule has 0 saturated heterocycles. The first-order valence-electron chi connectivity index (χ1n) is 8.64. The number of oxime groups is 1. The van der Waals surface area contributed by atoms with Crippen molar-refractivity contribution >= 4 is 43.4 Å². The topological polar surface area (TPSA) is 79.5 Å². The Balaban J connectivity index is 0.000000204. The molecule has 146 valence electrons. The first-order valence-corrected chi connectivity index (χ1v) is 11.4. The number of allylic oxidation sites excluding steroid dienone is 5. The van der Waals surface area contributed by atoms with Gasteiger partial charge in [-0.15, -0.1) is 0 Å². The highest BCUT2D eigenvalue weighted by molar-refractivity contribution is 9.09. The minimum Gasteiger partial charge on any atom is -0.268 e. The number of benzene rings is 2. The van der Waals surface area contributed by atoms with Crippen LogP contribution in [0.15, 0.2) is 83.6 Å². The van der Waals surface area contributed by atoms with E-state index in [2.05, 4.69) is 31.4 Å². The average Bonchev–Trinajstić information content (AvgIpc) is 3.11. The number of nitriles is 1. The van der Waals surface area contributed by atoms with Crippen LogP contribution in [-0.2, 0) is 14.4 Å². The second-order valence-corrected chi connectivity index (χ2v) is 8.72. The summed E-state index contributed by atoms with van der Waals surface area (Å²) in [6.45, 7) is 0. The van der Waals surface area contributed by atoms with Crippen LogP contribution in [0, 0.1) is 11.3 Å². The van der Waals surface area contributed by atoms with E-state index in [9.17, 15) is 8.42 Å². The lowest BCUT2D eigenvalue weighted by Gasteiger charge is -2.10. The van der Waals surface area contributed by atoms with Gasteiger partial charge in [0.1, 0.15) is 10.5 Å². The van der Waals surface area contributed by atoms with Crippen molar-refractivity contribution in [3.8, 4) is 6.07 Å². The van der Waals surface area contributed by atoms with Crippen molar-refractivity contribution in [2.24, 2.45) is 5.16 Å². The van der Waals surface area contributed by atoms with Crippen LogP contribution in [0.2, 0.25) is 0 Å². The van der Waals surface area contributed by atoms with Gasteiger partial charge in [-0.3, -0.25) is 4.28 Å². The second kappa shape index (κ2) is 9.03. The molecule has 0 heterocycles. The average molecular weight is 469 g/mol. The van der Waals surface area contributed by atoms with E-state index >= 15 is 0 Å². The van der Waals surface area contributed by atoms with E-state index in [1.807, 2.05) is 72.8 Å². The number of nitrogens with zero attached hydrogens (tertiary/aromatic N) is 2. The van der Waals surface area contributed by atoms with Gasteiger partial charge < -0.3 is 0 Å². The molecular weight excluding hydrogens is 452 g/mol. The van der Waals surface area contributed by atoms with Gasteiger partial charge in [0.25, 0.3) is 0 Å². The molecule has 29 heavy (non-hydrogen) atoms. The van der Waals surface area contributed by atoms with Crippen molar-refractivity contribution in [3.63, 3.8) is 0 Å². The Labute approximate surface area is 178 Å². The highest BCUT2D eigenvalue weighted by Crippen LogP contribution is 2.38. The summed E-state index contributed by atoms with van der Waals surface area (Å²) in [5, 5.41) is 12.2. The Bertz CT molecular complexity index is 1170. The molecule has 0 radical (unpaired) electrons. The molecule has 2 aromatic carbocycles. The first kappa shape index (κ1) is 20.8. The predicted octanol–water partition coefficient (Wildman–Crippen LogP) is 5.02. The smallest absolute Gasteiger partial charge is 0.268 e. The van der Waals surface area contributed by atoms with Crippen LogP contribution in [-0.4, -0.2) is 20.4 Å². The molecule has 2 aromatic rings. The predicted molar refractivity (Wildman–Crippen MR) is 119 cm³/mol. The lowest BCUT2D eigenvalue weighted by atomic mass is 9.96. The fourth-order valence-electron chi connectivity index (χ4n) is 2.85. The van der Waals surface area contributed by atoms with Crippen molar-refractivity contribution in [2.45, 2.75) is 4.83 Å². The maximum absolute atomic E-state index is 11.0. The van der Waals surface area contributed by atoms with Crippen molar-refractivity contribution in [1.82, 2.24) is 0 Å². The van der Waals surface area contributed by atoms with Gasteiger partial charge in [0, 0.05) is 5.57 Å². The van der Waals surface area contributed by atoms with E-state index < -0.39 is 10.1 Å². The lowest BCUT2D eigenvalue weighted by molar-refractivity contribution is 0.344. The summed E-state index contributed by atoms with van der Waals surface area (Å²) in [5.74, 6) is 0. The quantitative estimate of drug-likeness (QED) is 0.467. The summed E-state index contributed by atoms with van der Waals surface area (Å²) < 4.78 is 26.5. The Morgan fingerprint density at radius 2 is 1.76 bits per heavy atom. The van der Waals surface area contributed by atoms with Crippen LogP contribution >= 0.6 is 15.9 Å². The van der Waals surface area contributed by atoms with E-state index in [1.54, 1.807) is 6.08 Å². The van der Waals surface area contributed by atoms with E-state index in [4.69, 9.17) is 5.26 Å². The molecule has 0 aliphatic heterocycles. The van der Waals surface area contributed by atoms with Gasteiger partial charge in [-0.25, -0.2) is 0 Å². The van der Waals surface area contributed by atoms with Crippen molar-refractivity contribution in [2.75, 3.05) is 6.26 Å². The van der Waals surface area contributed by atoms with Gasteiger partial charge in [0.15, 0.2) is 0 Å². The molecule has 0 spiro atoms. The Hall–Kier alpha value is -2.95. The Morgan fingerprint density at radius 3 is 2.45 bits per heavy atom. The number of hydrogen-bond acceptors (Lipinski definition) is 5. The third-order valence-corrected chi connectivity index (χ3v) is 5.19. The molecular formula is C22H17BrN2O3S. The standard InChI is InChI=1S/C14H11NO3S.C8H6BrN/c1-19(16,17)18-15-14-8-4-7-12-11-6-3-2-5-10(11)9-13(12)14;9-8(6-10)7-4-2-1-3-5-7/h2-9H,1H3;1-5,8H. The summed E-state index contributed by atoms with van der Waals surface area (Å²) in [5.41, 5.74) is 5.65. The zero-order valence-corrected chi connectivity index (χ0v) is 17.9. The minimum absolute atomic E-state index is 0.173. The fourth-order valence-corrected chi connectivity index (χ4v) is 3.37. The molecule has 1 unspecified atom stereocenters. The summed E-state index contributed by atoms with van der Waals surface area (Å²) in [6.07, 6.45) is 8.50. The van der Waals surface area contributed by atoms with Crippen molar-refractivity contribution < 1.29 is 12.7 Å². The zero-order valence-electron chi connectivity index (χ0n) is 15.5. The molecule has 2 aliphatic carbocycles. The van der Waals surface area contributed by atoms with Gasteiger partial charge in [0.05, 0.1) is 12.3 Å². The van der Waals surface area contributed by atoms with E-state index in [0.717, 1.165) is 34.1 Å². The van der Waals surface area contributed by atoms with Crippen LogP contribution in [0.1, 0.15) is 21.5 Å². The number of hydrogen-bond donors (Lipinski definition) is 0. The SMILES string of the molecule is CS(=O)(=O)ON=C1C=CC=C2C1=Cc1ccccc12.N#CC(Br)c1ccccc1. The van der Waals surface area contributed by atoms with Crippen LogP contribution < -0.4 is 0 Å². The van der Waals surface area contributed by atoms with Crippen LogP contribution in [0.5, 0.6) is 0 Å². The maximum atomic E-state index is 11.0. The number of rotatable bonds is 3. The van der Waals surface area contributed by atoms with Crippen LogP contribution in [0.25, 0.3) is 11.6 Å². The molecule has 0 bridgehead atoms. The summed E-state index contributed by atoms with van der Waals surface area (Å²) in [7, 11) is -3.59. The third-order valence-electron chi connectivity index (χ3n) is 4.11. The Kier molecular flexibility index (Phi) is 6.47. The molecule has 5 nitrogen and oxygen atoms in total. The zero-order chi connectivity index (χ0) is 20.9. The van der Waals surface area contributed by atoms with E-state index in [0.29, 0.717) is 5.71 Å². The molecule has 0 saturated carbocycles. The molecule has 4 rings (SSSR count). The molecule has 0 N–H and O–H groups in total. The van der Waals surface area contributed by atoms with Gasteiger partial charge in [0.2, 0.25) is 0 Å². The first-order chi connectivity index (χ1) is 13.9. The highest BCUT2D eigenvalue weighted by atomic mass is 79.9. The molecule has 0 amide bonds. The molecule has 0 aromatic heterocycles. The van der Waals surface area contributed by atoms with Crippen molar-refractivity contribution in [1.29, 1.82) is 5.26 Å². The van der Waals surface area contributed by atoms with Gasteiger partial charge in [-0.1, -0.05) is 87.8 Å². The minimum atomic E-state index is -3.59. The number of halogens is 1. The molecule has 1 atom stereocenters. The third kappa shape index (κ3) is 5.31. The van der Waals surface area contributed by atoms with Crippen LogP contribution in [0.4, 0.5) is 0 Å². The summed E-state index contributed by atoms with van der Waals surface area (Å²) >= 11 is 3.22. The van der Waals surface area contributed by atoms with E-state index in [-0.39, 0.29) is 4.83 Å². The lowest BCUT2D eigenvalue weighted by Crippen LogP contribution is -2.06. The second-order valence-electron chi connectivity index (χ2n) is 6.24. The largest absolute Gasteiger partial charge is 0.325 e. The molecule has 0 fully saturated rings. The highest BCUT2D eigenvalue weighted by Gasteiger charge is 2.23. The van der Waals surface area contributed by atoms with Crippen LogP contribution in [0.3, 0.4) is 0 Å². The monoisotopic (exact) mass is 468 g/mol. The fraction of sp³-hybridized carbons (Fsp3) is 0.0909. The van der Waals surface area contributed by atoms with Crippen molar-refractivity contribution in [3.05, 3.63) is 95.1 Å². The van der Waals surface area contributed by atoms with Gasteiger partial charge in [-0.05, 0) is 34.4 Å². The van der Waals surface area contributed by atoms with E-state index in [1.165, 1.54) is 0 Å². The van der Waals surface area contributed by atoms with Gasteiger partial charge in [-0.2, -0.15) is 13.7 Å². The summed E-state index contributed by atoms with van der Waals surface area (Å²) in [6, 6.07) is 19.7. The Morgan fingerprint density at radius 1 is 1.07 bits per heavy atom. The summed E-state index contributed by atoms with van der Waals surface area (Å²) in [4.78, 5) is -0.173. The normalized spacial score (nSPS) is 16.4. The molecule has 7 heteroatoms. The number of fused-ring (bicyclic) bond motifs is 3. The maximum Gasteiger partial charge on any atom is 0.325 e. The molecule has 2 aliphatic rings. The number of alkyl halides is 1.